The van der Waals surface area contributed by atoms with E-state index in [1.807, 2.05) is 13.2 Å². The molecule has 4 rings (SSSR count). The summed E-state index contributed by atoms with van der Waals surface area (Å²) in [6.45, 7) is 0.827. The SMILES string of the molecule is Cn1cc([C@H]2OCCC[C@@H]2NC(=O)c2cccc3c2OCO3)cn1. The van der Waals surface area contributed by atoms with Crippen LogP contribution in [0.2, 0.25) is 0 Å². The molecule has 1 aromatic heterocycles. The second-order valence-electron chi connectivity index (χ2n) is 6.00. The lowest BCUT2D eigenvalue weighted by molar-refractivity contribution is -0.00952. The van der Waals surface area contributed by atoms with Crippen LogP contribution in [0.15, 0.2) is 30.6 Å². The zero-order valence-electron chi connectivity index (χ0n) is 13.4. The van der Waals surface area contributed by atoms with Crippen molar-refractivity contribution in [2.24, 2.45) is 7.05 Å². The van der Waals surface area contributed by atoms with Crippen LogP contribution in [-0.2, 0) is 11.8 Å². The number of hydrogen-bond acceptors (Lipinski definition) is 5. The number of rotatable bonds is 3. The molecular formula is C17H19N3O4. The van der Waals surface area contributed by atoms with E-state index in [1.54, 1.807) is 29.1 Å². The molecule has 2 atom stereocenters. The number of nitrogens with zero attached hydrogens (tertiary/aromatic N) is 2. The number of carbonyl (C=O) groups is 1. The van der Waals surface area contributed by atoms with E-state index in [2.05, 4.69) is 10.4 Å². The van der Waals surface area contributed by atoms with Crippen molar-refractivity contribution in [3.8, 4) is 11.5 Å². The number of aryl methyl sites for hydroxylation is 1. The van der Waals surface area contributed by atoms with Gasteiger partial charge in [0.05, 0.1) is 17.8 Å². The summed E-state index contributed by atoms with van der Waals surface area (Å²) in [5.41, 5.74) is 1.46. The minimum Gasteiger partial charge on any atom is -0.454 e. The lowest BCUT2D eigenvalue weighted by Gasteiger charge is -2.31. The molecule has 0 spiro atoms. The maximum absolute atomic E-state index is 12.7. The van der Waals surface area contributed by atoms with Gasteiger partial charge < -0.3 is 19.5 Å². The first-order valence-corrected chi connectivity index (χ1v) is 8.02. The Hall–Kier alpha value is -2.54. The molecule has 0 bridgehead atoms. The normalized spacial score (nSPS) is 22.4. The number of amides is 1. The molecule has 1 amide bonds. The van der Waals surface area contributed by atoms with Crippen LogP contribution in [0.1, 0.15) is 34.9 Å². The Labute approximate surface area is 139 Å². The third-order valence-electron chi connectivity index (χ3n) is 4.33. The van der Waals surface area contributed by atoms with Gasteiger partial charge in [0.2, 0.25) is 6.79 Å². The molecule has 126 valence electrons. The average molecular weight is 329 g/mol. The van der Waals surface area contributed by atoms with E-state index in [4.69, 9.17) is 14.2 Å². The van der Waals surface area contributed by atoms with Gasteiger partial charge in [0, 0.05) is 25.4 Å². The molecule has 0 unspecified atom stereocenters. The van der Waals surface area contributed by atoms with Crippen molar-refractivity contribution in [3.63, 3.8) is 0 Å². The maximum Gasteiger partial charge on any atom is 0.255 e. The molecule has 1 fully saturated rings. The van der Waals surface area contributed by atoms with Crippen LogP contribution >= 0.6 is 0 Å². The van der Waals surface area contributed by atoms with Gasteiger partial charge in [0.25, 0.3) is 5.91 Å². The fourth-order valence-electron chi connectivity index (χ4n) is 3.20. The van der Waals surface area contributed by atoms with Crippen LogP contribution < -0.4 is 14.8 Å². The van der Waals surface area contributed by atoms with Gasteiger partial charge >= 0.3 is 0 Å². The molecule has 3 heterocycles. The quantitative estimate of drug-likeness (QED) is 0.929. The van der Waals surface area contributed by atoms with Crippen LogP contribution in [0.5, 0.6) is 11.5 Å². The second-order valence-corrected chi connectivity index (χ2v) is 6.00. The van der Waals surface area contributed by atoms with Crippen molar-refractivity contribution in [3.05, 3.63) is 41.7 Å². The molecule has 2 aliphatic rings. The minimum absolute atomic E-state index is 0.103. The molecule has 0 radical (unpaired) electrons. The van der Waals surface area contributed by atoms with Gasteiger partial charge in [-0.15, -0.1) is 0 Å². The summed E-state index contributed by atoms with van der Waals surface area (Å²) >= 11 is 0. The zero-order valence-corrected chi connectivity index (χ0v) is 13.4. The number of fused-ring (bicyclic) bond motifs is 1. The lowest BCUT2D eigenvalue weighted by Crippen LogP contribution is -2.42. The summed E-state index contributed by atoms with van der Waals surface area (Å²) in [5, 5.41) is 7.28. The summed E-state index contributed by atoms with van der Waals surface area (Å²) in [6.07, 6.45) is 5.29. The molecule has 0 aliphatic carbocycles. The van der Waals surface area contributed by atoms with Gasteiger partial charge in [0.15, 0.2) is 11.5 Å². The van der Waals surface area contributed by atoms with Crippen LogP contribution in [0.3, 0.4) is 0 Å². The third-order valence-corrected chi connectivity index (χ3v) is 4.33. The van der Waals surface area contributed by atoms with E-state index in [0.29, 0.717) is 23.7 Å². The number of para-hydroxylation sites is 1. The first-order chi connectivity index (χ1) is 11.7. The monoisotopic (exact) mass is 329 g/mol. The van der Waals surface area contributed by atoms with Crippen molar-refractivity contribution >= 4 is 5.91 Å². The second kappa shape index (κ2) is 6.16. The predicted octanol–water partition coefficient (Wildman–Crippen LogP) is 1.80. The van der Waals surface area contributed by atoms with E-state index in [0.717, 1.165) is 18.4 Å². The van der Waals surface area contributed by atoms with E-state index < -0.39 is 0 Å². The largest absolute Gasteiger partial charge is 0.454 e. The number of nitrogens with one attached hydrogen (secondary N) is 1. The topological polar surface area (TPSA) is 74.6 Å². The fraction of sp³-hybridized carbons (Fsp3) is 0.412. The maximum atomic E-state index is 12.7. The fourth-order valence-corrected chi connectivity index (χ4v) is 3.20. The van der Waals surface area contributed by atoms with Crippen molar-refractivity contribution in [2.45, 2.75) is 25.0 Å². The van der Waals surface area contributed by atoms with Crippen molar-refractivity contribution < 1.29 is 19.0 Å². The Bertz CT molecular complexity index is 758. The number of benzene rings is 1. The number of aromatic nitrogens is 2. The third kappa shape index (κ3) is 2.71. The Morgan fingerprint density at radius 1 is 1.38 bits per heavy atom. The van der Waals surface area contributed by atoms with E-state index in [-0.39, 0.29) is 24.8 Å². The Kier molecular flexibility index (Phi) is 3.86. The van der Waals surface area contributed by atoms with Gasteiger partial charge in [-0.1, -0.05) is 6.07 Å². The van der Waals surface area contributed by atoms with Crippen LogP contribution in [0.25, 0.3) is 0 Å². The van der Waals surface area contributed by atoms with Gasteiger partial charge in [-0.3, -0.25) is 9.48 Å². The standard InChI is InChI=1S/C17H19N3O4/c1-20-9-11(8-18-20)15-13(5-3-7-22-15)19-17(21)12-4-2-6-14-16(12)24-10-23-14/h2,4,6,8-9,13,15H,3,5,7,10H2,1H3,(H,19,21)/t13-,15+/m0/s1. The zero-order chi connectivity index (χ0) is 16.5. The molecule has 7 heteroatoms. The summed E-state index contributed by atoms with van der Waals surface area (Å²) in [7, 11) is 1.87. The van der Waals surface area contributed by atoms with Crippen LogP contribution in [0.4, 0.5) is 0 Å². The first kappa shape index (κ1) is 15.0. The lowest BCUT2D eigenvalue weighted by atomic mass is 9.97. The molecule has 1 aromatic carbocycles. The molecule has 1 saturated heterocycles. The molecule has 0 saturated carbocycles. The van der Waals surface area contributed by atoms with Crippen LogP contribution in [0, 0.1) is 0 Å². The van der Waals surface area contributed by atoms with Crippen molar-refractivity contribution in [1.29, 1.82) is 0 Å². The predicted molar refractivity (Wildman–Crippen MR) is 85.0 cm³/mol. The van der Waals surface area contributed by atoms with Gasteiger partial charge in [-0.25, -0.2) is 0 Å². The highest BCUT2D eigenvalue weighted by Crippen LogP contribution is 2.36. The van der Waals surface area contributed by atoms with Crippen molar-refractivity contribution in [2.75, 3.05) is 13.4 Å². The smallest absolute Gasteiger partial charge is 0.255 e. The van der Waals surface area contributed by atoms with Crippen molar-refractivity contribution in [1.82, 2.24) is 15.1 Å². The van der Waals surface area contributed by atoms with Gasteiger partial charge in [-0.05, 0) is 25.0 Å². The Morgan fingerprint density at radius 3 is 3.12 bits per heavy atom. The van der Waals surface area contributed by atoms with E-state index in [9.17, 15) is 4.79 Å². The molecule has 2 aromatic rings. The Morgan fingerprint density at radius 2 is 2.29 bits per heavy atom. The molecule has 24 heavy (non-hydrogen) atoms. The van der Waals surface area contributed by atoms with E-state index >= 15 is 0 Å². The molecular weight excluding hydrogens is 310 g/mol. The molecule has 2 aliphatic heterocycles. The highest BCUT2D eigenvalue weighted by molar-refractivity contribution is 5.98. The van der Waals surface area contributed by atoms with Gasteiger partial charge in [0.1, 0.15) is 6.10 Å². The summed E-state index contributed by atoms with van der Waals surface area (Å²) < 4.78 is 18.4. The van der Waals surface area contributed by atoms with Crippen LogP contribution in [-0.4, -0.2) is 35.1 Å². The summed E-state index contributed by atoms with van der Waals surface area (Å²) in [4.78, 5) is 12.7. The highest BCUT2D eigenvalue weighted by atomic mass is 16.7. The Balaban J connectivity index is 1.55. The average Bonchev–Trinajstić information content (AvgIpc) is 3.23. The van der Waals surface area contributed by atoms with E-state index in [1.165, 1.54) is 0 Å². The summed E-state index contributed by atoms with van der Waals surface area (Å²) in [5.74, 6) is 0.928. The number of ether oxygens (including phenoxy) is 3. The first-order valence-electron chi connectivity index (χ1n) is 8.02. The number of hydrogen-bond donors (Lipinski definition) is 1. The molecule has 7 nitrogen and oxygen atoms in total. The molecule has 1 N–H and O–H groups in total. The number of carbonyl (C=O) groups excluding carboxylic acids is 1. The summed E-state index contributed by atoms with van der Waals surface area (Å²) in [6, 6.07) is 5.22. The van der Waals surface area contributed by atoms with Gasteiger partial charge in [-0.2, -0.15) is 5.10 Å². The minimum atomic E-state index is -0.190. The highest BCUT2D eigenvalue weighted by Gasteiger charge is 2.31.